The molecule has 0 saturated heterocycles. The van der Waals surface area contributed by atoms with Gasteiger partial charge in [0.15, 0.2) is 0 Å². The molecule has 4 heteroatoms. The molecule has 2 nitrogen and oxygen atoms in total. The molecular weight excluding hydrogens is 237 g/mol. The van der Waals surface area contributed by atoms with Crippen LogP contribution in [0.4, 0.5) is 4.39 Å². The van der Waals surface area contributed by atoms with Crippen molar-refractivity contribution in [3.8, 4) is 0 Å². The van der Waals surface area contributed by atoms with Gasteiger partial charge in [-0.2, -0.15) is 0 Å². The van der Waals surface area contributed by atoms with Crippen LogP contribution in [-0.2, 0) is 0 Å². The number of furan rings is 1. The minimum Gasteiger partial charge on any atom is -0.468 e. The van der Waals surface area contributed by atoms with Gasteiger partial charge in [0.1, 0.15) is 11.6 Å². The maximum absolute atomic E-state index is 13.2. The summed E-state index contributed by atoms with van der Waals surface area (Å²) >= 11 is 1.54. The smallest absolute Gasteiger partial charge is 0.123 e. The third-order valence-electron chi connectivity index (χ3n) is 2.49. The molecule has 1 unspecified atom stereocenters. The SMILES string of the molecule is Cc1occc1Sc1ccc(F)cc1C(C)N. The normalized spacial score (nSPS) is 12.7. The Labute approximate surface area is 104 Å². The van der Waals surface area contributed by atoms with Crippen molar-refractivity contribution < 1.29 is 8.81 Å². The summed E-state index contributed by atoms with van der Waals surface area (Å²) in [5.74, 6) is 0.598. The van der Waals surface area contributed by atoms with Gasteiger partial charge in [0.2, 0.25) is 0 Å². The molecule has 90 valence electrons. The van der Waals surface area contributed by atoms with Gasteiger partial charge < -0.3 is 10.2 Å². The third kappa shape index (κ3) is 2.70. The van der Waals surface area contributed by atoms with E-state index in [-0.39, 0.29) is 11.9 Å². The molecule has 0 bridgehead atoms. The van der Waals surface area contributed by atoms with E-state index in [0.29, 0.717) is 0 Å². The van der Waals surface area contributed by atoms with Crippen molar-refractivity contribution in [2.45, 2.75) is 29.7 Å². The Morgan fingerprint density at radius 1 is 1.29 bits per heavy atom. The predicted octanol–water partition coefficient (Wildman–Crippen LogP) is 3.90. The summed E-state index contributed by atoms with van der Waals surface area (Å²) in [5, 5.41) is 0. The summed E-state index contributed by atoms with van der Waals surface area (Å²) in [5.41, 5.74) is 6.66. The molecule has 2 rings (SSSR count). The summed E-state index contributed by atoms with van der Waals surface area (Å²) in [4.78, 5) is 1.99. The predicted molar refractivity (Wildman–Crippen MR) is 66.6 cm³/mol. The Morgan fingerprint density at radius 3 is 2.65 bits per heavy atom. The molecule has 2 aromatic rings. The van der Waals surface area contributed by atoms with Crippen LogP contribution < -0.4 is 5.73 Å². The molecule has 0 saturated carbocycles. The lowest BCUT2D eigenvalue weighted by atomic mass is 10.1. The van der Waals surface area contributed by atoms with Crippen LogP contribution in [0.15, 0.2) is 44.7 Å². The van der Waals surface area contributed by atoms with Crippen LogP contribution >= 0.6 is 11.8 Å². The lowest BCUT2D eigenvalue weighted by molar-refractivity contribution is 0.527. The molecular formula is C13H14FNOS. The highest BCUT2D eigenvalue weighted by Crippen LogP contribution is 2.35. The molecule has 1 aromatic heterocycles. The van der Waals surface area contributed by atoms with Crippen molar-refractivity contribution in [1.29, 1.82) is 0 Å². The van der Waals surface area contributed by atoms with Gasteiger partial charge >= 0.3 is 0 Å². The Balaban J connectivity index is 2.36. The fourth-order valence-electron chi connectivity index (χ4n) is 1.57. The Morgan fingerprint density at radius 2 is 2.06 bits per heavy atom. The summed E-state index contributed by atoms with van der Waals surface area (Å²) in [6.45, 7) is 3.75. The molecule has 1 heterocycles. The van der Waals surface area contributed by atoms with Crippen LogP contribution in [0.1, 0.15) is 24.3 Å². The van der Waals surface area contributed by atoms with Crippen LogP contribution in [0.2, 0.25) is 0 Å². The van der Waals surface area contributed by atoms with E-state index in [9.17, 15) is 4.39 Å². The van der Waals surface area contributed by atoms with Crippen LogP contribution in [0, 0.1) is 12.7 Å². The van der Waals surface area contributed by atoms with Gasteiger partial charge in [0.05, 0.1) is 11.2 Å². The second kappa shape index (κ2) is 4.94. The molecule has 0 aliphatic carbocycles. The number of halogens is 1. The largest absolute Gasteiger partial charge is 0.468 e. The third-order valence-corrected chi connectivity index (χ3v) is 3.73. The summed E-state index contributed by atoms with van der Waals surface area (Å²) < 4.78 is 18.4. The highest BCUT2D eigenvalue weighted by Gasteiger charge is 2.11. The minimum absolute atomic E-state index is 0.194. The monoisotopic (exact) mass is 251 g/mol. The Bertz CT molecular complexity index is 522. The van der Waals surface area contributed by atoms with E-state index in [4.69, 9.17) is 10.2 Å². The molecule has 0 radical (unpaired) electrons. The highest BCUT2D eigenvalue weighted by molar-refractivity contribution is 7.99. The van der Waals surface area contributed by atoms with E-state index >= 15 is 0 Å². The minimum atomic E-state index is -0.259. The van der Waals surface area contributed by atoms with Gasteiger partial charge in [-0.05, 0) is 43.7 Å². The molecule has 0 aliphatic heterocycles. The highest BCUT2D eigenvalue weighted by atomic mass is 32.2. The first-order valence-corrected chi connectivity index (χ1v) is 6.16. The Kier molecular flexibility index (Phi) is 3.54. The first-order chi connectivity index (χ1) is 8.08. The van der Waals surface area contributed by atoms with Crippen molar-refractivity contribution in [2.24, 2.45) is 5.73 Å². The Hall–Kier alpha value is -1.26. The molecule has 2 N–H and O–H groups in total. The fourth-order valence-corrected chi connectivity index (χ4v) is 2.62. The molecule has 1 aromatic carbocycles. The van der Waals surface area contributed by atoms with Gasteiger partial charge in [-0.3, -0.25) is 0 Å². The van der Waals surface area contributed by atoms with Crippen LogP contribution in [0.3, 0.4) is 0 Å². The summed E-state index contributed by atoms with van der Waals surface area (Å²) in [7, 11) is 0. The van der Waals surface area contributed by atoms with Gasteiger partial charge in [-0.25, -0.2) is 4.39 Å². The first-order valence-electron chi connectivity index (χ1n) is 5.35. The standard InChI is InChI=1S/C13H14FNOS/c1-8(15)11-7-10(14)3-4-13(11)17-12-5-6-16-9(12)2/h3-8H,15H2,1-2H3. The topological polar surface area (TPSA) is 39.2 Å². The number of nitrogens with two attached hydrogens (primary N) is 1. The van der Waals surface area contributed by atoms with E-state index in [1.807, 2.05) is 19.9 Å². The number of hydrogen-bond donors (Lipinski definition) is 1. The van der Waals surface area contributed by atoms with Crippen molar-refractivity contribution in [1.82, 2.24) is 0 Å². The second-order valence-corrected chi connectivity index (χ2v) is 5.00. The van der Waals surface area contributed by atoms with Crippen LogP contribution in [0.25, 0.3) is 0 Å². The first kappa shape index (κ1) is 12.2. The van der Waals surface area contributed by atoms with Crippen molar-refractivity contribution >= 4 is 11.8 Å². The van der Waals surface area contributed by atoms with Crippen molar-refractivity contribution in [2.75, 3.05) is 0 Å². The maximum Gasteiger partial charge on any atom is 0.123 e. The zero-order valence-electron chi connectivity index (χ0n) is 9.74. The van der Waals surface area contributed by atoms with E-state index in [0.717, 1.165) is 21.1 Å². The lowest BCUT2D eigenvalue weighted by Gasteiger charge is -2.11. The number of benzene rings is 1. The average Bonchev–Trinajstić information content (AvgIpc) is 2.67. The van der Waals surface area contributed by atoms with Crippen LogP contribution in [-0.4, -0.2) is 0 Å². The van der Waals surface area contributed by atoms with Crippen molar-refractivity contribution in [3.05, 3.63) is 47.7 Å². The fraction of sp³-hybridized carbons (Fsp3) is 0.231. The molecule has 0 fully saturated rings. The van der Waals surface area contributed by atoms with E-state index in [1.165, 1.54) is 12.1 Å². The quantitative estimate of drug-likeness (QED) is 0.899. The number of hydrogen-bond acceptors (Lipinski definition) is 3. The number of aryl methyl sites for hydroxylation is 1. The van der Waals surface area contributed by atoms with E-state index in [1.54, 1.807) is 24.1 Å². The van der Waals surface area contributed by atoms with Gasteiger partial charge in [0, 0.05) is 10.9 Å². The molecule has 17 heavy (non-hydrogen) atoms. The number of rotatable bonds is 3. The summed E-state index contributed by atoms with van der Waals surface area (Å²) in [6.07, 6.45) is 1.65. The molecule has 0 aliphatic rings. The van der Waals surface area contributed by atoms with E-state index in [2.05, 4.69) is 0 Å². The molecule has 0 amide bonds. The molecule has 1 atom stereocenters. The van der Waals surface area contributed by atoms with Crippen LogP contribution in [0.5, 0.6) is 0 Å². The van der Waals surface area contributed by atoms with Gasteiger partial charge in [-0.1, -0.05) is 11.8 Å². The average molecular weight is 251 g/mol. The molecule has 0 spiro atoms. The van der Waals surface area contributed by atoms with Gasteiger partial charge in [-0.15, -0.1) is 0 Å². The van der Waals surface area contributed by atoms with Crippen molar-refractivity contribution in [3.63, 3.8) is 0 Å². The van der Waals surface area contributed by atoms with E-state index < -0.39 is 0 Å². The lowest BCUT2D eigenvalue weighted by Crippen LogP contribution is -2.06. The summed E-state index contributed by atoms with van der Waals surface area (Å²) in [6, 6.07) is 6.39. The zero-order valence-corrected chi connectivity index (χ0v) is 10.6. The maximum atomic E-state index is 13.2. The zero-order chi connectivity index (χ0) is 12.4. The second-order valence-electron chi connectivity index (χ2n) is 3.91. The van der Waals surface area contributed by atoms with Gasteiger partial charge in [0.25, 0.3) is 0 Å².